The number of rotatable bonds is 2. The van der Waals surface area contributed by atoms with Crippen molar-refractivity contribution in [2.45, 2.75) is 50.5 Å². The maximum Gasteiger partial charge on any atom is 0.346 e. The Morgan fingerprint density at radius 3 is 2.62 bits per heavy atom. The minimum absolute atomic E-state index is 0.0914. The van der Waals surface area contributed by atoms with Gasteiger partial charge in [0, 0.05) is 6.54 Å². The Kier molecular flexibility index (Phi) is 2.19. The topological polar surface area (TPSA) is 58.7 Å². The van der Waals surface area contributed by atoms with Gasteiger partial charge in [0.15, 0.2) is 0 Å². The second-order valence-electron chi connectivity index (χ2n) is 5.43. The summed E-state index contributed by atoms with van der Waals surface area (Å²) in [5, 5.41) is 0. The fourth-order valence-corrected chi connectivity index (χ4v) is 3.06. The van der Waals surface area contributed by atoms with Crippen molar-refractivity contribution in [2.75, 3.05) is 6.54 Å². The first-order chi connectivity index (χ1) is 7.72. The number of urea groups is 1. The van der Waals surface area contributed by atoms with Crippen molar-refractivity contribution in [3.8, 4) is 0 Å². The molecule has 2 fully saturated rings. The Morgan fingerprint density at radius 2 is 2.00 bits per heavy atom. The van der Waals surface area contributed by atoms with Gasteiger partial charge in [-0.3, -0.25) is 0 Å². The molecule has 3 aliphatic rings. The summed E-state index contributed by atoms with van der Waals surface area (Å²) in [4.78, 5) is 17.9. The van der Waals surface area contributed by atoms with Crippen LogP contribution in [-0.4, -0.2) is 28.9 Å². The highest BCUT2D eigenvalue weighted by Gasteiger charge is 2.49. The Labute approximate surface area is 95.9 Å². The second kappa shape index (κ2) is 3.47. The third kappa shape index (κ3) is 1.43. The maximum atomic E-state index is 11.9. The molecule has 1 heterocycles. The SMILES string of the molecule is NC1=NC(=O)N(CC2CC2)C12CCCCC2. The maximum absolute atomic E-state index is 11.9. The Bertz CT molecular complexity index is 340. The predicted molar refractivity (Wildman–Crippen MR) is 62.3 cm³/mol. The average molecular weight is 221 g/mol. The van der Waals surface area contributed by atoms with Crippen LogP contribution in [-0.2, 0) is 0 Å². The van der Waals surface area contributed by atoms with E-state index in [1.165, 1.54) is 32.1 Å². The van der Waals surface area contributed by atoms with Crippen molar-refractivity contribution in [3.63, 3.8) is 0 Å². The highest BCUT2D eigenvalue weighted by Crippen LogP contribution is 2.41. The lowest BCUT2D eigenvalue weighted by Crippen LogP contribution is -2.55. The molecule has 2 N–H and O–H groups in total. The highest BCUT2D eigenvalue weighted by molar-refractivity contribution is 6.05. The van der Waals surface area contributed by atoms with E-state index in [-0.39, 0.29) is 11.6 Å². The fourth-order valence-electron chi connectivity index (χ4n) is 3.06. The van der Waals surface area contributed by atoms with Gasteiger partial charge in [-0.1, -0.05) is 19.3 Å². The lowest BCUT2D eigenvalue weighted by Gasteiger charge is -2.41. The summed E-state index contributed by atoms with van der Waals surface area (Å²) in [7, 11) is 0. The lowest BCUT2D eigenvalue weighted by atomic mass is 9.80. The first-order valence-electron chi connectivity index (χ1n) is 6.39. The number of amidine groups is 1. The van der Waals surface area contributed by atoms with Gasteiger partial charge in [0.05, 0.1) is 0 Å². The zero-order valence-corrected chi connectivity index (χ0v) is 9.61. The molecule has 0 saturated heterocycles. The molecule has 2 saturated carbocycles. The molecule has 0 aromatic rings. The number of aliphatic imine (C=N–C) groups is 1. The lowest BCUT2D eigenvalue weighted by molar-refractivity contribution is 0.139. The van der Waals surface area contributed by atoms with Gasteiger partial charge in [-0.05, 0) is 31.6 Å². The second-order valence-corrected chi connectivity index (χ2v) is 5.43. The molecule has 4 heteroatoms. The predicted octanol–water partition coefficient (Wildman–Crippen LogP) is 1.89. The Hall–Kier alpha value is -1.06. The number of nitrogens with zero attached hydrogens (tertiary/aromatic N) is 2. The standard InChI is InChI=1S/C12H19N3O/c13-10-12(6-2-1-3-7-12)15(11(16)14-10)8-9-4-5-9/h9H,1-8H2,(H2,13,14,16). The van der Waals surface area contributed by atoms with Crippen LogP contribution in [0.5, 0.6) is 0 Å². The molecule has 3 rings (SSSR count). The summed E-state index contributed by atoms with van der Waals surface area (Å²) in [5.41, 5.74) is 5.81. The summed E-state index contributed by atoms with van der Waals surface area (Å²) in [5.74, 6) is 1.29. The third-order valence-corrected chi connectivity index (χ3v) is 4.26. The molecule has 0 atom stereocenters. The minimum atomic E-state index is -0.197. The summed E-state index contributed by atoms with van der Waals surface area (Å²) in [6.07, 6.45) is 8.16. The molecule has 0 radical (unpaired) electrons. The van der Waals surface area contributed by atoms with Crippen LogP contribution in [0.4, 0.5) is 4.79 Å². The molecule has 88 valence electrons. The van der Waals surface area contributed by atoms with Crippen LogP contribution in [0.15, 0.2) is 4.99 Å². The molecule has 1 spiro atoms. The number of hydrogen-bond acceptors (Lipinski definition) is 2. The van der Waals surface area contributed by atoms with Crippen LogP contribution in [0.3, 0.4) is 0 Å². The van der Waals surface area contributed by atoms with Crippen molar-refractivity contribution in [1.82, 2.24) is 4.90 Å². The van der Waals surface area contributed by atoms with E-state index in [1.807, 2.05) is 4.90 Å². The Balaban J connectivity index is 1.85. The Morgan fingerprint density at radius 1 is 1.31 bits per heavy atom. The van der Waals surface area contributed by atoms with Crippen LogP contribution in [0, 0.1) is 5.92 Å². The molecule has 0 aromatic carbocycles. The zero-order valence-electron chi connectivity index (χ0n) is 9.61. The van der Waals surface area contributed by atoms with Gasteiger partial charge < -0.3 is 10.6 Å². The molecule has 2 amide bonds. The number of carbonyl (C=O) groups is 1. The summed E-state index contributed by atoms with van der Waals surface area (Å²) in [6.45, 7) is 0.878. The first-order valence-corrected chi connectivity index (χ1v) is 6.39. The number of amides is 2. The molecule has 0 unspecified atom stereocenters. The monoisotopic (exact) mass is 221 g/mol. The van der Waals surface area contributed by atoms with Gasteiger partial charge in [-0.15, -0.1) is 0 Å². The number of hydrogen-bond donors (Lipinski definition) is 1. The smallest absolute Gasteiger partial charge is 0.346 e. The minimum Gasteiger partial charge on any atom is -0.385 e. The summed E-state index contributed by atoms with van der Waals surface area (Å²) < 4.78 is 0. The molecule has 0 aromatic heterocycles. The van der Waals surface area contributed by atoms with Crippen molar-refractivity contribution in [2.24, 2.45) is 16.6 Å². The van der Waals surface area contributed by atoms with Gasteiger partial charge in [0.1, 0.15) is 11.4 Å². The fraction of sp³-hybridized carbons (Fsp3) is 0.833. The van der Waals surface area contributed by atoms with Crippen LogP contribution < -0.4 is 5.73 Å². The highest BCUT2D eigenvalue weighted by atomic mass is 16.2. The number of nitrogens with two attached hydrogens (primary N) is 1. The normalized spacial score (nSPS) is 28.6. The van der Waals surface area contributed by atoms with Crippen LogP contribution >= 0.6 is 0 Å². The molecular formula is C12H19N3O. The quantitative estimate of drug-likeness (QED) is 0.774. The van der Waals surface area contributed by atoms with E-state index < -0.39 is 0 Å². The van der Waals surface area contributed by atoms with Gasteiger partial charge in [-0.25, -0.2) is 4.79 Å². The van der Waals surface area contributed by atoms with E-state index in [4.69, 9.17) is 5.73 Å². The zero-order chi connectivity index (χ0) is 11.2. The van der Waals surface area contributed by atoms with Gasteiger partial charge in [0.25, 0.3) is 0 Å². The van der Waals surface area contributed by atoms with E-state index in [2.05, 4.69) is 4.99 Å². The van der Waals surface area contributed by atoms with Gasteiger partial charge in [0.2, 0.25) is 0 Å². The van der Waals surface area contributed by atoms with E-state index in [9.17, 15) is 4.79 Å². The largest absolute Gasteiger partial charge is 0.385 e. The van der Waals surface area contributed by atoms with Crippen LogP contribution in [0.25, 0.3) is 0 Å². The van der Waals surface area contributed by atoms with E-state index >= 15 is 0 Å². The van der Waals surface area contributed by atoms with E-state index in [0.717, 1.165) is 19.4 Å². The van der Waals surface area contributed by atoms with E-state index in [0.29, 0.717) is 11.8 Å². The number of carbonyl (C=O) groups excluding carboxylic acids is 1. The van der Waals surface area contributed by atoms with Gasteiger partial charge in [-0.2, -0.15) is 4.99 Å². The van der Waals surface area contributed by atoms with Crippen LogP contribution in [0.1, 0.15) is 44.9 Å². The van der Waals surface area contributed by atoms with E-state index in [1.54, 1.807) is 0 Å². The molecule has 4 nitrogen and oxygen atoms in total. The molecule has 16 heavy (non-hydrogen) atoms. The molecule has 0 bridgehead atoms. The summed E-state index contributed by atoms with van der Waals surface area (Å²) >= 11 is 0. The first kappa shape index (κ1) is 10.1. The van der Waals surface area contributed by atoms with Gasteiger partial charge >= 0.3 is 6.03 Å². The molecule has 1 aliphatic heterocycles. The summed E-state index contributed by atoms with van der Waals surface area (Å²) in [6, 6.07) is -0.0914. The average Bonchev–Trinajstić information content (AvgIpc) is 3.06. The van der Waals surface area contributed by atoms with Crippen molar-refractivity contribution >= 4 is 11.9 Å². The van der Waals surface area contributed by atoms with Crippen LogP contribution in [0.2, 0.25) is 0 Å². The molecular weight excluding hydrogens is 202 g/mol. The van der Waals surface area contributed by atoms with Crippen molar-refractivity contribution in [3.05, 3.63) is 0 Å². The van der Waals surface area contributed by atoms with Crippen molar-refractivity contribution < 1.29 is 4.79 Å². The molecule has 2 aliphatic carbocycles. The third-order valence-electron chi connectivity index (χ3n) is 4.26. The van der Waals surface area contributed by atoms with Crippen molar-refractivity contribution in [1.29, 1.82) is 0 Å².